The third-order valence-electron chi connectivity index (χ3n) is 4.27. The van der Waals surface area contributed by atoms with Crippen molar-refractivity contribution in [1.29, 1.82) is 0 Å². The Kier molecular flexibility index (Phi) is 6.11. The quantitative estimate of drug-likeness (QED) is 0.612. The normalized spacial score (nSPS) is 10.4. The third kappa shape index (κ3) is 4.40. The van der Waals surface area contributed by atoms with Gasteiger partial charge in [0.25, 0.3) is 5.91 Å². The van der Waals surface area contributed by atoms with Crippen LogP contribution in [0.3, 0.4) is 0 Å². The fraction of sp³-hybridized carbons (Fsp3) is 0.190. The van der Waals surface area contributed by atoms with Gasteiger partial charge >= 0.3 is 0 Å². The number of aryl methyl sites for hydroxylation is 2. The van der Waals surface area contributed by atoms with Gasteiger partial charge in [-0.25, -0.2) is 9.97 Å². The number of halogens is 1. The summed E-state index contributed by atoms with van der Waals surface area (Å²) in [4.78, 5) is 21.2. The molecule has 0 aliphatic rings. The van der Waals surface area contributed by atoms with Gasteiger partial charge in [0.2, 0.25) is 5.95 Å². The van der Waals surface area contributed by atoms with Gasteiger partial charge in [-0.3, -0.25) is 4.79 Å². The lowest BCUT2D eigenvalue weighted by Gasteiger charge is -2.13. The monoisotopic (exact) mass is 396 g/mol. The first kappa shape index (κ1) is 19.6. The van der Waals surface area contributed by atoms with Gasteiger partial charge in [0.05, 0.1) is 12.8 Å². The lowest BCUT2D eigenvalue weighted by molar-refractivity contribution is 0.102. The molecule has 0 unspecified atom stereocenters. The molecule has 0 radical (unpaired) electrons. The molecule has 0 aliphatic heterocycles. The summed E-state index contributed by atoms with van der Waals surface area (Å²) in [5, 5.41) is 6.56. The van der Waals surface area contributed by atoms with E-state index in [1.165, 1.54) is 6.20 Å². The molecule has 0 saturated carbocycles. The van der Waals surface area contributed by atoms with Crippen LogP contribution in [0, 0.1) is 6.92 Å². The van der Waals surface area contributed by atoms with E-state index in [-0.39, 0.29) is 17.5 Å². The number of benzene rings is 2. The number of carbonyl (C=O) groups excluding carboxylic acids is 1. The highest BCUT2D eigenvalue weighted by Gasteiger charge is 2.14. The van der Waals surface area contributed by atoms with Gasteiger partial charge in [0.15, 0.2) is 0 Å². The Labute approximate surface area is 168 Å². The molecule has 1 aromatic heterocycles. The van der Waals surface area contributed by atoms with Crippen molar-refractivity contribution in [2.45, 2.75) is 20.3 Å². The Morgan fingerprint density at radius 3 is 2.79 bits per heavy atom. The Hall–Kier alpha value is -3.12. The minimum atomic E-state index is -0.299. The van der Waals surface area contributed by atoms with Crippen LogP contribution in [0.4, 0.5) is 17.3 Å². The van der Waals surface area contributed by atoms with Crippen LogP contribution < -0.4 is 15.4 Å². The first-order chi connectivity index (χ1) is 13.5. The zero-order valence-electron chi connectivity index (χ0n) is 15.9. The lowest BCUT2D eigenvalue weighted by Crippen LogP contribution is -2.16. The molecular weight excluding hydrogens is 376 g/mol. The molecule has 6 nitrogen and oxygen atoms in total. The Bertz CT molecular complexity index is 1010. The van der Waals surface area contributed by atoms with Gasteiger partial charge < -0.3 is 15.4 Å². The van der Waals surface area contributed by atoms with Crippen molar-refractivity contribution in [1.82, 2.24) is 9.97 Å². The molecule has 2 N–H and O–H groups in total. The third-order valence-corrected chi connectivity index (χ3v) is 4.51. The molecule has 144 valence electrons. The summed E-state index contributed by atoms with van der Waals surface area (Å²) in [6.45, 7) is 4.02. The maximum absolute atomic E-state index is 12.7. The number of hydrogen-bond donors (Lipinski definition) is 2. The van der Waals surface area contributed by atoms with Crippen LogP contribution in [-0.4, -0.2) is 23.0 Å². The Morgan fingerprint density at radius 2 is 2.04 bits per heavy atom. The Morgan fingerprint density at radius 1 is 1.21 bits per heavy atom. The zero-order valence-corrected chi connectivity index (χ0v) is 16.7. The summed E-state index contributed by atoms with van der Waals surface area (Å²) >= 11 is 6.05. The molecule has 0 atom stereocenters. The highest BCUT2D eigenvalue weighted by molar-refractivity contribution is 6.31. The van der Waals surface area contributed by atoms with Crippen LogP contribution in [0.5, 0.6) is 5.75 Å². The highest BCUT2D eigenvalue weighted by Crippen LogP contribution is 2.29. The number of hydrogen-bond acceptors (Lipinski definition) is 5. The number of rotatable bonds is 6. The van der Waals surface area contributed by atoms with Crippen LogP contribution in [-0.2, 0) is 6.42 Å². The predicted octanol–water partition coefficient (Wildman–Crippen LogP) is 5.01. The largest absolute Gasteiger partial charge is 0.495 e. The molecule has 0 spiro atoms. The molecule has 1 heterocycles. The molecule has 0 bridgehead atoms. The van der Waals surface area contributed by atoms with E-state index in [0.29, 0.717) is 16.5 Å². The summed E-state index contributed by atoms with van der Waals surface area (Å²) in [6, 6.07) is 12.7. The molecule has 28 heavy (non-hydrogen) atoms. The fourth-order valence-electron chi connectivity index (χ4n) is 2.82. The molecule has 0 fully saturated rings. The number of nitrogens with one attached hydrogen (secondary N) is 2. The molecule has 7 heteroatoms. The van der Waals surface area contributed by atoms with Crippen molar-refractivity contribution < 1.29 is 9.53 Å². The van der Waals surface area contributed by atoms with Crippen LogP contribution in [0.1, 0.15) is 28.5 Å². The van der Waals surface area contributed by atoms with E-state index in [9.17, 15) is 4.79 Å². The van der Waals surface area contributed by atoms with Crippen molar-refractivity contribution in [3.63, 3.8) is 0 Å². The topological polar surface area (TPSA) is 76.1 Å². The van der Waals surface area contributed by atoms with Crippen LogP contribution in [0.25, 0.3) is 0 Å². The van der Waals surface area contributed by atoms with Crippen LogP contribution >= 0.6 is 11.6 Å². The number of aromatic nitrogens is 2. The first-order valence-corrected chi connectivity index (χ1v) is 9.23. The van der Waals surface area contributed by atoms with Crippen molar-refractivity contribution in [2.75, 3.05) is 17.7 Å². The summed E-state index contributed by atoms with van der Waals surface area (Å²) in [5.41, 5.74) is 3.76. The van der Waals surface area contributed by atoms with Gasteiger partial charge in [-0.15, -0.1) is 0 Å². The van der Waals surface area contributed by atoms with Crippen molar-refractivity contribution in [3.8, 4) is 5.75 Å². The highest BCUT2D eigenvalue weighted by atomic mass is 35.5. The second-order valence-corrected chi connectivity index (χ2v) is 6.59. The second-order valence-electron chi connectivity index (χ2n) is 6.15. The number of anilines is 3. The maximum Gasteiger partial charge on any atom is 0.274 e. The van der Waals surface area contributed by atoms with E-state index < -0.39 is 0 Å². The van der Waals surface area contributed by atoms with E-state index in [0.717, 1.165) is 23.2 Å². The number of para-hydroxylation sites is 1. The van der Waals surface area contributed by atoms with Crippen LogP contribution in [0.15, 0.2) is 48.7 Å². The van der Waals surface area contributed by atoms with Gasteiger partial charge in [-0.05, 0) is 48.7 Å². The number of methoxy groups -OCH3 is 1. The molecule has 1 amide bonds. The summed E-state index contributed by atoms with van der Waals surface area (Å²) in [7, 11) is 1.56. The fourth-order valence-corrected chi connectivity index (χ4v) is 3.00. The molecule has 3 rings (SSSR count). The summed E-state index contributed by atoms with van der Waals surface area (Å²) in [5.74, 6) is 0.566. The standard InChI is InChI=1S/C21H21ClN4O2/c1-4-14-7-5-6-13(2)19(14)26-20(27)16-10-11-23-21(24-16)25-17-12-15(22)8-9-18(17)28-3/h5-12H,4H2,1-3H3,(H,26,27)(H,23,24,25). The molecule has 0 saturated heterocycles. The summed E-state index contributed by atoms with van der Waals surface area (Å²) < 4.78 is 5.31. The number of nitrogens with zero attached hydrogens (tertiary/aromatic N) is 2. The molecular formula is C21H21ClN4O2. The van der Waals surface area contributed by atoms with E-state index in [1.54, 1.807) is 31.4 Å². The SMILES string of the molecule is CCc1cccc(C)c1NC(=O)c1ccnc(Nc2cc(Cl)ccc2OC)n1. The van der Waals surface area contributed by atoms with E-state index in [2.05, 4.69) is 27.5 Å². The van der Waals surface area contributed by atoms with E-state index >= 15 is 0 Å². The van der Waals surface area contributed by atoms with Gasteiger partial charge in [-0.1, -0.05) is 36.7 Å². The predicted molar refractivity (Wildman–Crippen MR) is 112 cm³/mol. The van der Waals surface area contributed by atoms with Crippen molar-refractivity contribution in [2.24, 2.45) is 0 Å². The average Bonchev–Trinajstić information content (AvgIpc) is 2.70. The zero-order chi connectivity index (χ0) is 20.1. The maximum atomic E-state index is 12.7. The van der Waals surface area contributed by atoms with Crippen molar-refractivity contribution in [3.05, 3.63) is 70.5 Å². The molecule has 0 aliphatic carbocycles. The number of ether oxygens (including phenoxy) is 1. The molecule has 3 aromatic rings. The minimum absolute atomic E-state index is 0.254. The number of amides is 1. The average molecular weight is 397 g/mol. The minimum Gasteiger partial charge on any atom is -0.495 e. The lowest BCUT2D eigenvalue weighted by atomic mass is 10.1. The Balaban J connectivity index is 1.84. The van der Waals surface area contributed by atoms with Gasteiger partial charge in [0.1, 0.15) is 11.4 Å². The second kappa shape index (κ2) is 8.71. The van der Waals surface area contributed by atoms with Crippen LogP contribution in [0.2, 0.25) is 5.02 Å². The van der Waals surface area contributed by atoms with Gasteiger partial charge in [-0.2, -0.15) is 0 Å². The summed E-state index contributed by atoms with van der Waals surface area (Å²) in [6.07, 6.45) is 2.35. The van der Waals surface area contributed by atoms with Gasteiger partial charge in [0, 0.05) is 16.9 Å². The molecule has 2 aromatic carbocycles. The number of carbonyl (C=O) groups is 1. The smallest absolute Gasteiger partial charge is 0.274 e. The van der Waals surface area contributed by atoms with E-state index in [1.807, 2.05) is 25.1 Å². The first-order valence-electron chi connectivity index (χ1n) is 8.85. The van der Waals surface area contributed by atoms with E-state index in [4.69, 9.17) is 16.3 Å². The van der Waals surface area contributed by atoms with Crippen molar-refractivity contribution >= 4 is 34.8 Å².